The highest BCUT2D eigenvalue weighted by atomic mass is 35.5. The largest absolute Gasteiger partial charge is 0.389 e. The first kappa shape index (κ1) is 13.8. The molecule has 1 fully saturated rings. The Morgan fingerprint density at radius 2 is 2.06 bits per heavy atom. The molecule has 2 rings (SSSR count). The van der Waals surface area contributed by atoms with E-state index in [1.807, 2.05) is 0 Å². The monoisotopic (exact) mass is 289 g/mol. The lowest BCUT2D eigenvalue weighted by Crippen LogP contribution is -2.48. The smallest absolute Gasteiger partial charge is 0.244 e. The fourth-order valence-corrected chi connectivity index (χ4v) is 4.26. The van der Waals surface area contributed by atoms with Crippen LogP contribution in [0.4, 0.5) is 0 Å². The standard InChI is InChI=1S/C12H16ClNO3S/c1-12(15)7-4-8-14(9-12)18(16,17)11-6-3-2-5-10(11)13/h2-3,5-6,15H,4,7-9H2,1H3. The molecule has 1 aliphatic heterocycles. The van der Waals surface area contributed by atoms with E-state index >= 15 is 0 Å². The van der Waals surface area contributed by atoms with E-state index in [0.29, 0.717) is 19.4 Å². The van der Waals surface area contributed by atoms with E-state index < -0.39 is 15.6 Å². The molecule has 0 bridgehead atoms. The number of sulfonamides is 1. The van der Waals surface area contributed by atoms with Crippen LogP contribution in [0, 0.1) is 0 Å². The molecule has 0 aliphatic carbocycles. The van der Waals surface area contributed by atoms with Crippen LogP contribution in [0.15, 0.2) is 29.2 Å². The fourth-order valence-electron chi connectivity index (χ4n) is 2.17. The molecule has 1 saturated heterocycles. The molecule has 1 heterocycles. The predicted molar refractivity (Wildman–Crippen MR) is 70.1 cm³/mol. The van der Waals surface area contributed by atoms with Crippen LogP contribution in [0.5, 0.6) is 0 Å². The normalized spacial score (nSPS) is 26.2. The van der Waals surface area contributed by atoms with Crippen molar-refractivity contribution < 1.29 is 13.5 Å². The third kappa shape index (κ3) is 2.69. The molecule has 100 valence electrons. The Bertz CT molecular complexity index is 542. The molecule has 0 saturated carbocycles. The van der Waals surface area contributed by atoms with Gasteiger partial charge in [-0.25, -0.2) is 8.42 Å². The molecule has 1 N–H and O–H groups in total. The Kier molecular flexibility index (Phi) is 3.69. The van der Waals surface area contributed by atoms with E-state index in [0.717, 1.165) is 0 Å². The zero-order valence-corrected chi connectivity index (χ0v) is 11.7. The van der Waals surface area contributed by atoms with Crippen molar-refractivity contribution >= 4 is 21.6 Å². The minimum atomic E-state index is -3.62. The SMILES string of the molecule is CC1(O)CCCN(S(=O)(=O)c2ccccc2Cl)C1. The second-order valence-corrected chi connectivity index (χ2v) is 7.18. The molecule has 1 aromatic rings. The van der Waals surface area contributed by atoms with E-state index in [2.05, 4.69) is 0 Å². The number of benzene rings is 1. The van der Waals surface area contributed by atoms with Gasteiger partial charge in [-0.2, -0.15) is 4.31 Å². The third-order valence-electron chi connectivity index (χ3n) is 3.09. The molecular formula is C12H16ClNO3S. The summed E-state index contributed by atoms with van der Waals surface area (Å²) >= 11 is 5.93. The van der Waals surface area contributed by atoms with E-state index in [1.54, 1.807) is 25.1 Å². The van der Waals surface area contributed by atoms with Gasteiger partial charge in [0, 0.05) is 13.1 Å². The summed E-state index contributed by atoms with van der Waals surface area (Å²) in [4.78, 5) is 0.101. The van der Waals surface area contributed by atoms with Crippen LogP contribution in [-0.4, -0.2) is 36.5 Å². The number of β-amino-alcohol motifs (C(OH)–C–C–N with tert-alkyl or cyclic N) is 1. The highest BCUT2D eigenvalue weighted by molar-refractivity contribution is 7.89. The minimum absolute atomic E-state index is 0.101. The number of piperidine rings is 1. The van der Waals surface area contributed by atoms with Crippen molar-refractivity contribution in [2.24, 2.45) is 0 Å². The molecule has 1 aliphatic rings. The van der Waals surface area contributed by atoms with Crippen LogP contribution in [0.25, 0.3) is 0 Å². The van der Waals surface area contributed by atoms with Gasteiger partial charge in [-0.15, -0.1) is 0 Å². The summed E-state index contributed by atoms with van der Waals surface area (Å²) in [6.07, 6.45) is 1.26. The molecular weight excluding hydrogens is 274 g/mol. The number of hydrogen-bond acceptors (Lipinski definition) is 3. The molecule has 1 atom stereocenters. The van der Waals surface area contributed by atoms with Crippen LogP contribution in [0.1, 0.15) is 19.8 Å². The van der Waals surface area contributed by atoms with E-state index in [1.165, 1.54) is 10.4 Å². The summed E-state index contributed by atoms with van der Waals surface area (Å²) in [5.74, 6) is 0. The summed E-state index contributed by atoms with van der Waals surface area (Å²) in [7, 11) is -3.62. The van der Waals surface area contributed by atoms with Gasteiger partial charge in [0.05, 0.1) is 10.6 Å². The lowest BCUT2D eigenvalue weighted by molar-refractivity contribution is 0.00940. The van der Waals surface area contributed by atoms with Crippen LogP contribution in [-0.2, 0) is 10.0 Å². The summed E-state index contributed by atoms with van der Waals surface area (Å²) in [6.45, 7) is 2.19. The van der Waals surface area contributed by atoms with Crippen molar-refractivity contribution in [3.8, 4) is 0 Å². The highest BCUT2D eigenvalue weighted by Crippen LogP contribution is 2.29. The van der Waals surface area contributed by atoms with Crippen LogP contribution in [0.3, 0.4) is 0 Å². The third-order valence-corrected chi connectivity index (χ3v) is 5.44. The topological polar surface area (TPSA) is 57.6 Å². The Morgan fingerprint density at radius 1 is 1.39 bits per heavy atom. The Morgan fingerprint density at radius 3 is 2.67 bits per heavy atom. The van der Waals surface area contributed by atoms with Gasteiger partial charge in [-0.1, -0.05) is 23.7 Å². The quantitative estimate of drug-likeness (QED) is 0.904. The Labute approximate surface area is 112 Å². The van der Waals surface area contributed by atoms with Crippen LogP contribution >= 0.6 is 11.6 Å². The van der Waals surface area contributed by atoms with Gasteiger partial charge in [-0.3, -0.25) is 0 Å². The predicted octanol–water partition coefficient (Wildman–Crippen LogP) is 1.88. The zero-order chi connectivity index (χ0) is 13.4. The molecule has 1 unspecified atom stereocenters. The first-order valence-electron chi connectivity index (χ1n) is 5.80. The van der Waals surface area contributed by atoms with E-state index in [4.69, 9.17) is 11.6 Å². The maximum Gasteiger partial charge on any atom is 0.244 e. The number of nitrogens with zero attached hydrogens (tertiary/aromatic N) is 1. The van der Waals surface area contributed by atoms with E-state index in [9.17, 15) is 13.5 Å². The Hall–Kier alpha value is -0.620. The average molecular weight is 290 g/mol. The van der Waals surface area contributed by atoms with E-state index in [-0.39, 0.29) is 16.5 Å². The van der Waals surface area contributed by atoms with Crippen molar-refractivity contribution in [2.75, 3.05) is 13.1 Å². The van der Waals surface area contributed by atoms with Crippen LogP contribution < -0.4 is 0 Å². The number of rotatable bonds is 2. The Balaban J connectivity index is 2.35. The average Bonchev–Trinajstić information content (AvgIpc) is 2.28. The summed E-state index contributed by atoms with van der Waals surface area (Å²) in [5, 5.41) is 10.2. The molecule has 0 amide bonds. The van der Waals surface area contributed by atoms with Gasteiger partial charge in [0.15, 0.2) is 0 Å². The molecule has 6 heteroatoms. The van der Waals surface area contributed by atoms with Crippen molar-refractivity contribution in [1.82, 2.24) is 4.31 Å². The molecule has 0 spiro atoms. The lowest BCUT2D eigenvalue weighted by Gasteiger charge is -2.36. The minimum Gasteiger partial charge on any atom is -0.389 e. The first-order chi connectivity index (χ1) is 8.33. The van der Waals surface area contributed by atoms with Gasteiger partial charge in [0.2, 0.25) is 10.0 Å². The summed E-state index contributed by atoms with van der Waals surface area (Å²) < 4.78 is 26.2. The van der Waals surface area contributed by atoms with Gasteiger partial charge >= 0.3 is 0 Å². The fraction of sp³-hybridized carbons (Fsp3) is 0.500. The number of hydrogen-bond donors (Lipinski definition) is 1. The van der Waals surface area contributed by atoms with Gasteiger partial charge in [0.1, 0.15) is 4.90 Å². The second-order valence-electron chi connectivity index (χ2n) is 4.87. The van der Waals surface area contributed by atoms with Gasteiger partial charge in [0.25, 0.3) is 0 Å². The highest BCUT2D eigenvalue weighted by Gasteiger charge is 2.36. The van der Waals surface area contributed by atoms with Crippen molar-refractivity contribution in [3.63, 3.8) is 0 Å². The maximum atomic E-state index is 12.4. The van der Waals surface area contributed by atoms with Crippen LogP contribution in [0.2, 0.25) is 5.02 Å². The molecule has 18 heavy (non-hydrogen) atoms. The zero-order valence-electron chi connectivity index (χ0n) is 10.1. The summed E-state index contributed by atoms with van der Waals surface area (Å²) in [6, 6.07) is 6.37. The van der Waals surface area contributed by atoms with Gasteiger partial charge < -0.3 is 5.11 Å². The maximum absolute atomic E-state index is 12.4. The van der Waals surface area contributed by atoms with Crippen molar-refractivity contribution in [2.45, 2.75) is 30.3 Å². The first-order valence-corrected chi connectivity index (χ1v) is 7.62. The number of aliphatic hydroxyl groups is 1. The van der Waals surface area contributed by atoms with Gasteiger partial charge in [-0.05, 0) is 31.9 Å². The molecule has 0 radical (unpaired) electrons. The summed E-state index contributed by atoms with van der Waals surface area (Å²) in [5.41, 5.74) is -0.966. The molecule has 0 aromatic heterocycles. The second kappa shape index (κ2) is 4.81. The number of halogens is 1. The van der Waals surface area contributed by atoms with Crippen molar-refractivity contribution in [3.05, 3.63) is 29.3 Å². The molecule has 4 nitrogen and oxygen atoms in total. The van der Waals surface area contributed by atoms with Crippen molar-refractivity contribution in [1.29, 1.82) is 0 Å². The lowest BCUT2D eigenvalue weighted by atomic mass is 9.97. The molecule has 1 aromatic carbocycles.